The van der Waals surface area contributed by atoms with Crippen LogP contribution >= 0.6 is 11.8 Å². The molecule has 0 saturated heterocycles. The van der Waals surface area contributed by atoms with Gasteiger partial charge in [-0.25, -0.2) is 0 Å². The van der Waals surface area contributed by atoms with Gasteiger partial charge in [0.05, 0.1) is 6.61 Å². The van der Waals surface area contributed by atoms with Crippen molar-refractivity contribution in [3.05, 3.63) is 29.3 Å². The van der Waals surface area contributed by atoms with Crippen molar-refractivity contribution in [2.75, 3.05) is 25.7 Å². The predicted octanol–water partition coefficient (Wildman–Crippen LogP) is 2.88. The smallest absolute Gasteiger partial charge is 0.127 e. The molecule has 0 radical (unpaired) electrons. The second-order valence-corrected chi connectivity index (χ2v) is 5.54. The quantitative estimate of drug-likeness (QED) is 0.869. The minimum Gasteiger partial charge on any atom is -0.493 e. The topological polar surface area (TPSA) is 21.3 Å². The van der Waals surface area contributed by atoms with Gasteiger partial charge in [-0.3, -0.25) is 0 Å². The largest absolute Gasteiger partial charge is 0.493 e. The van der Waals surface area contributed by atoms with E-state index in [0.717, 1.165) is 24.5 Å². The molecule has 2 unspecified atom stereocenters. The molecule has 1 aromatic carbocycles. The number of ether oxygens (including phenoxy) is 1. The third-order valence-corrected chi connectivity index (χ3v) is 4.25. The zero-order chi connectivity index (χ0) is 12.3. The van der Waals surface area contributed by atoms with Crippen molar-refractivity contribution < 1.29 is 4.74 Å². The Morgan fingerprint density at radius 2 is 2.29 bits per heavy atom. The summed E-state index contributed by atoms with van der Waals surface area (Å²) in [7, 11) is 2.04. The Morgan fingerprint density at radius 3 is 3.00 bits per heavy atom. The highest BCUT2D eigenvalue weighted by molar-refractivity contribution is 7.98. The van der Waals surface area contributed by atoms with E-state index in [1.807, 2.05) is 18.8 Å². The third-order valence-electron chi connectivity index (χ3n) is 3.39. The third kappa shape index (κ3) is 2.61. The van der Waals surface area contributed by atoms with Crippen LogP contribution in [0.15, 0.2) is 18.2 Å². The molecule has 0 spiro atoms. The Balaban J connectivity index is 2.28. The van der Waals surface area contributed by atoms with Crippen LogP contribution in [0, 0.1) is 5.92 Å². The van der Waals surface area contributed by atoms with Gasteiger partial charge in [0.15, 0.2) is 0 Å². The maximum absolute atomic E-state index is 5.79. The minimum absolute atomic E-state index is 0.385. The maximum Gasteiger partial charge on any atom is 0.127 e. The van der Waals surface area contributed by atoms with E-state index in [-0.39, 0.29) is 0 Å². The summed E-state index contributed by atoms with van der Waals surface area (Å²) >= 11 is 1.90. The van der Waals surface area contributed by atoms with Gasteiger partial charge in [-0.1, -0.05) is 25.1 Å². The van der Waals surface area contributed by atoms with Crippen LogP contribution in [-0.2, 0) is 6.42 Å². The number of rotatable bonds is 5. The zero-order valence-corrected chi connectivity index (χ0v) is 11.6. The van der Waals surface area contributed by atoms with E-state index in [9.17, 15) is 0 Å². The molecule has 2 rings (SSSR count). The van der Waals surface area contributed by atoms with Gasteiger partial charge in [-0.2, -0.15) is 11.8 Å². The van der Waals surface area contributed by atoms with E-state index in [4.69, 9.17) is 4.74 Å². The molecule has 0 amide bonds. The van der Waals surface area contributed by atoms with E-state index in [2.05, 4.69) is 36.7 Å². The van der Waals surface area contributed by atoms with E-state index >= 15 is 0 Å². The molecule has 0 saturated carbocycles. The molecule has 3 heteroatoms. The first-order chi connectivity index (χ1) is 8.27. The molecule has 94 valence electrons. The molecule has 1 N–H and O–H groups in total. The van der Waals surface area contributed by atoms with Crippen LogP contribution in [0.1, 0.15) is 24.1 Å². The molecule has 1 aromatic rings. The lowest BCUT2D eigenvalue weighted by molar-refractivity contribution is 0.342. The van der Waals surface area contributed by atoms with Crippen LogP contribution in [0.25, 0.3) is 0 Å². The molecule has 17 heavy (non-hydrogen) atoms. The number of fused-ring (bicyclic) bond motifs is 1. The lowest BCUT2D eigenvalue weighted by Crippen LogP contribution is -2.25. The first-order valence-corrected chi connectivity index (χ1v) is 7.58. The number of hydrogen-bond donors (Lipinski definition) is 1. The fourth-order valence-electron chi connectivity index (χ4n) is 2.59. The Morgan fingerprint density at radius 1 is 1.47 bits per heavy atom. The standard InChI is InChI=1S/C14H21NOS/c1-10(9-17-3)13(15-2)12-6-4-5-11-7-8-16-14(11)12/h4-6,10,13,15H,7-9H2,1-3H3. The summed E-state index contributed by atoms with van der Waals surface area (Å²) in [6.07, 6.45) is 3.21. The van der Waals surface area contributed by atoms with Gasteiger partial charge in [0.25, 0.3) is 0 Å². The lowest BCUT2D eigenvalue weighted by Gasteiger charge is -2.25. The van der Waals surface area contributed by atoms with Crippen molar-refractivity contribution in [2.45, 2.75) is 19.4 Å². The average molecular weight is 251 g/mol. The van der Waals surface area contributed by atoms with Gasteiger partial charge in [0, 0.05) is 18.0 Å². The van der Waals surface area contributed by atoms with Crippen LogP contribution in [-0.4, -0.2) is 25.7 Å². The van der Waals surface area contributed by atoms with E-state index < -0.39 is 0 Å². The maximum atomic E-state index is 5.79. The second kappa shape index (κ2) is 5.78. The molecule has 0 aliphatic carbocycles. The molecule has 0 fully saturated rings. The van der Waals surface area contributed by atoms with Gasteiger partial charge < -0.3 is 10.1 Å². The Bertz CT molecular complexity index is 380. The van der Waals surface area contributed by atoms with Crippen molar-refractivity contribution in [3.63, 3.8) is 0 Å². The zero-order valence-electron chi connectivity index (χ0n) is 10.8. The molecule has 1 heterocycles. The molecule has 1 aliphatic rings. The van der Waals surface area contributed by atoms with Crippen molar-refractivity contribution in [1.82, 2.24) is 5.32 Å². The van der Waals surface area contributed by atoms with Gasteiger partial charge in [0.1, 0.15) is 5.75 Å². The highest BCUT2D eigenvalue weighted by Gasteiger charge is 2.24. The summed E-state index contributed by atoms with van der Waals surface area (Å²) < 4.78 is 5.79. The monoisotopic (exact) mass is 251 g/mol. The van der Waals surface area contributed by atoms with Crippen molar-refractivity contribution in [1.29, 1.82) is 0 Å². The number of benzene rings is 1. The summed E-state index contributed by atoms with van der Waals surface area (Å²) in [5.74, 6) is 2.89. The van der Waals surface area contributed by atoms with Crippen molar-refractivity contribution >= 4 is 11.8 Å². The highest BCUT2D eigenvalue weighted by atomic mass is 32.2. The normalized spacial score (nSPS) is 17.4. The fourth-order valence-corrected chi connectivity index (χ4v) is 3.31. The van der Waals surface area contributed by atoms with Gasteiger partial charge >= 0.3 is 0 Å². The molecule has 2 nitrogen and oxygen atoms in total. The van der Waals surface area contributed by atoms with Crippen LogP contribution in [0.2, 0.25) is 0 Å². The second-order valence-electron chi connectivity index (χ2n) is 4.63. The lowest BCUT2D eigenvalue weighted by atomic mass is 9.93. The molecule has 1 aliphatic heterocycles. The number of para-hydroxylation sites is 1. The molecular formula is C14H21NOS. The Kier molecular flexibility index (Phi) is 4.35. The van der Waals surface area contributed by atoms with E-state index in [1.54, 1.807) is 0 Å². The predicted molar refractivity (Wildman–Crippen MR) is 75.0 cm³/mol. The Hall–Kier alpha value is -0.670. The molecular weight excluding hydrogens is 230 g/mol. The minimum atomic E-state index is 0.385. The molecule has 0 bridgehead atoms. The highest BCUT2D eigenvalue weighted by Crippen LogP contribution is 2.36. The number of nitrogens with one attached hydrogen (secondary N) is 1. The summed E-state index contributed by atoms with van der Waals surface area (Å²) in [6, 6.07) is 6.91. The first kappa shape index (κ1) is 12.8. The summed E-state index contributed by atoms with van der Waals surface area (Å²) in [4.78, 5) is 0. The fraction of sp³-hybridized carbons (Fsp3) is 0.571. The number of hydrogen-bond acceptors (Lipinski definition) is 3. The van der Waals surface area contributed by atoms with Gasteiger partial charge in [0.2, 0.25) is 0 Å². The summed E-state index contributed by atoms with van der Waals surface area (Å²) in [5, 5.41) is 3.44. The Labute approximate surface area is 108 Å². The first-order valence-electron chi connectivity index (χ1n) is 6.18. The van der Waals surface area contributed by atoms with Crippen LogP contribution < -0.4 is 10.1 Å². The SMILES string of the molecule is CNC(c1cccc2c1OCC2)C(C)CSC. The molecule has 2 atom stereocenters. The van der Waals surface area contributed by atoms with Gasteiger partial charge in [-0.15, -0.1) is 0 Å². The van der Waals surface area contributed by atoms with E-state index in [1.165, 1.54) is 11.1 Å². The van der Waals surface area contributed by atoms with Crippen LogP contribution in [0.3, 0.4) is 0 Å². The van der Waals surface area contributed by atoms with Gasteiger partial charge in [-0.05, 0) is 30.5 Å². The van der Waals surface area contributed by atoms with Crippen LogP contribution in [0.5, 0.6) is 5.75 Å². The van der Waals surface area contributed by atoms with Crippen molar-refractivity contribution in [2.24, 2.45) is 5.92 Å². The summed E-state index contributed by atoms with van der Waals surface area (Å²) in [6.45, 7) is 3.13. The molecule has 0 aromatic heterocycles. The average Bonchev–Trinajstić information content (AvgIpc) is 2.79. The van der Waals surface area contributed by atoms with Crippen molar-refractivity contribution in [3.8, 4) is 5.75 Å². The number of thioether (sulfide) groups is 1. The summed E-state index contributed by atoms with van der Waals surface area (Å²) in [5.41, 5.74) is 2.68. The van der Waals surface area contributed by atoms with E-state index in [0.29, 0.717) is 12.0 Å². The van der Waals surface area contributed by atoms with Crippen LogP contribution in [0.4, 0.5) is 0 Å².